The van der Waals surface area contributed by atoms with Crippen molar-refractivity contribution >= 4 is 11.9 Å². The van der Waals surface area contributed by atoms with Gasteiger partial charge in [0.1, 0.15) is 6.61 Å². The summed E-state index contributed by atoms with van der Waals surface area (Å²) in [6, 6.07) is 0. The largest absolute Gasteiger partial charge is 0.462 e. The Morgan fingerprint density at radius 1 is 0.393 bits per heavy atom. The van der Waals surface area contributed by atoms with Gasteiger partial charge in [0, 0.05) is 19.4 Å². The van der Waals surface area contributed by atoms with Crippen molar-refractivity contribution in [3.05, 3.63) is 24.3 Å². The fraction of sp³-hybridized carbons (Fsp3) is 0.882. The monoisotopic (exact) mass is 789 g/mol. The van der Waals surface area contributed by atoms with Crippen LogP contribution in [0.1, 0.15) is 265 Å². The zero-order valence-corrected chi connectivity index (χ0v) is 37.9. The molecule has 5 heteroatoms. The van der Waals surface area contributed by atoms with E-state index in [-0.39, 0.29) is 25.2 Å². The average molecular weight is 789 g/mol. The Balaban J connectivity index is 4.18. The molecule has 0 fully saturated rings. The summed E-state index contributed by atoms with van der Waals surface area (Å²) in [5, 5.41) is 0. The molecule has 0 aliphatic carbocycles. The van der Waals surface area contributed by atoms with Crippen LogP contribution in [0.25, 0.3) is 0 Å². The van der Waals surface area contributed by atoms with Crippen LogP contribution in [-0.2, 0) is 23.8 Å². The predicted octanol–water partition coefficient (Wildman–Crippen LogP) is 16.5. The number of carbonyl (C=O) groups excluding carboxylic acids is 2. The molecule has 0 N–H and O–H groups in total. The molecule has 5 nitrogen and oxygen atoms in total. The van der Waals surface area contributed by atoms with Crippen molar-refractivity contribution in [1.82, 2.24) is 0 Å². The maximum Gasteiger partial charge on any atom is 0.306 e. The molecule has 0 aliphatic rings. The Morgan fingerprint density at radius 3 is 1.21 bits per heavy atom. The van der Waals surface area contributed by atoms with Gasteiger partial charge >= 0.3 is 11.9 Å². The first-order valence-corrected chi connectivity index (χ1v) is 24.9. The van der Waals surface area contributed by atoms with E-state index < -0.39 is 6.10 Å². The van der Waals surface area contributed by atoms with Crippen molar-refractivity contribution in [2.45, 2.75) is 271 Å². The molecule has 0 bridgehead atoms. The van der Waals surface area contributed by atoms with Gasteiger partial charge in [-0.2, -0.15) is 0 Å². The van der Waals surface area contributed by atoms with Crippen LogP contribution >= 0.6 is 0 Å². The number of hydrogen-bond donors (Lipinski definition) is 0. The van der Waals surface area contributed by atoms with E-state index in [0.29, 0.717) is 19.4 Å². The maximum absolute atomic E-state index is 12.7. The summed E-state index contributed by atoms with van der Waals surface area (Å²) in [7, 11) is 0. The van der Waals surface area contributed by atoms with Gasteiger partial charge in [-0.1, -0.05) is 225 Å². The van der Waals surface area contributed by atoms with Crippen LogP contribution in [0.15, 0.2) is 24.3 Å². The first-order chi connectivity index (χ1) is 27.6. The van der Waals surface area contributed by atoms with Crippen molar-refractivity contribution in [2.24, 2.45) is 0 Å². The van der Waals surface area contributed by atoms with Crippen LogP contribution in [0, 0.1) is 0 Å². The second-order valence-corrected chi connectivity index (χ2v) is 16.7. The lowest BCUT2D eigenvalue weighted by Gasteiger charge is -2.18. The molecule has 0 radical (unpaired) electrons. The van der Waals surface area contributed by atoms with Crippen molar-refractivity contribution in [3.63, 3.8) is 0 Å². The smallest absolute Gasteiger partial charge is 0.306 e. The Labute approximate surface area is 349 Å². The minimum Gasteiger partial charge on any atom is -0.462 e. The Kier molecular flexibility index (Phi) is 46.4. The van der Waals surface area contributed by atoms with E-state index in [2.05, 4.69) is 45.1 Å². The van der Waals surface area contributed by atoms with E-state index in [1.54, 1.807) is 0 Å². The average Bonchev–Trinajstić information content (AvgIpc) is 3.20. The lowest BCUT2D eigenvalue weighted by atomic mass is 10.0. The normalized spacial score (nSPS) is 12.3. The van der Waals surface area contributed by atoms with Crippen LogP contribution in [0.4, 0.5) is 0 Å². The highest BCUT2D eigenvalue weighted by molar-refractivity contribution is 5.70. The summed E-state index contributed by atoms with van der Waals surface area (Å²) in [5.74, 6) is -0.390. The second-order valence-electron chi connectivity index (χ2n) is 16.7. The van der Waals surface area contributed by atoms with Crippen molar-refractivity contribution in [3.8, 4) is 0 Å². The number of allylic oxidation sites excluding steroid dienone is 4. The molecule has 0 heterocycles. The van der Waals surface area contributed by atoms with Crippen LogP contribution in [0.3, 0.4) is 0 Å². The van der Waals surface area contributed by atoms with Crippen LogP contribution < -0.4 is 0 Å². The summed E-state index contributed by atoms with van der Waals surface area (Å²) in [6.45, 7) is 7.81. The van der Waals surface area contributed by atoms with E-state index in [9.17, 15) is 9.59 Å². The van der Waals surface area contributed by atoms with Crippen LogP contribution in [0.2, 0.25) is 0 Å². The third-order valence-corrected chi connectivity index (χ3v) is 11.0. The maximum atomic E-state index is 12.7. The minimum absolute atomic E-state index is 0.0881. The van der Waals surface area contributed by atoms with Gasteiger partial charge in [0.15, 0.2) is 6.10 Å². The van der Waals surface area contributed by atoms with Gasteiger partial charge in [0.05, 0.1) is 6.61 Å². The fourth-order valence-corrected chi connectivity index (χ4v) is 7.25. The molecule has 0 aromatic heterocycles. The Morgan fingerprint density at radius 2 is 0.750 bits per heavy atom. The van der Waals surface area contributed by atoms with E-state index in [0.717, 1.165) is 44.9 Å². The number of ether oxygens (including phenoxy) is 3. The zero-order chi connectivity index (χ0) is 40.7. The van der Waals surface area contributed by atoms with E-state index in [1.807, 2.05) is 0 Å². The zero-order valence-electron chi connectivity index (χ0n) is 37.9. The Hall–Kier alpha value is -1.62. The summed E-state index contributed by atoms with van der Waals surface area (Å²) in [4.78, 5) is 25.3. The quantitative estimate of drug-likeness (QED) is 0.0349. The molecule has 0 saturated heterocycles. The van der Waals surface area contributed by atoms with Gasteiger partial charge in [-0.15, -0.1) is 0 Å². The van der Waals surface area contributed by atoms with Gasteiger partial charge in [-0.05, 0) is 51.4 Å². The SMILES string of the molecule is CCCCC/C=C\C/C=C\CCCCCCCCOCC(COC(=O)CCCCCCCCCCCCCCCCC)OC(=O)CCCCCCCCCCC. The van der Waals surface area contributed by atoms with E-state index >= 15 is 0 Å². The van der Waals surface area contributed by atoms with Crippen LogP contribution in [-0.4, -0.2) is 37.9 Å². The summed E-state index contributed by atoms with van der Waals surface area (Å²) >= 11 is 0. The third-order valence-electron chi connectivity index (χ3n) is 11.0. The molecule has 0 aromatic rings. The molecule has 0 rings (SSSR count). The highest BCUT2D eigenvalue weighted by Gasteiger charge is 2.17. The molecule has 0 spiro atoms. The number of rotatable bonds is 46. The topological polar surface area (TPSA) is 61.8 Å². The fourth-order valence-electron chi connectivity index (χ4n) is 7.25. The molecule has 0 saturated carbocycles. The van der Waals surface area contributed by atoms with E-state index in [4.69, 9.17) is 14.2 Å². The predicted molar refractivity (Wildman–Crippen MR) is 242 cm³/mol. The molecule has 330 valence electrons. The number of carbonyl (C=O) groups is 2. The Bertz CT molecular complexity index is 851. The molecular weight excluding hydrogens is 693 g/mol. The first-order valence-electron chi connectivity index (χ1n) is 24.9. The van der Waals surface area contributed by atoms with Crippen molar-refractivity contribution < 1.29 is 23.8 Å². The summed E-state index contributed by atoms with van der Waals surface area (Å²) < 4.78 is 17.3. The van der Waals surface area contributed by atoms with Crippen molar-refractivity contribution in [2.75, 3.05) is 19.8 Å². The molecule has 0 amide bonds. The standard InChI is InChI=1S/C51H96O5/c1-4-7-10-13-16-19-21-23-25-27-29-31-34-37-40-43-46-54-47-49(56-51(53)45-42-39-36-32-18-15-12-9-6-3)48-55-50(52)44-41-38-35-33-30-28-26-24-22-20-17-14-11-8-5-2/h16,19,23,25,49H,4-15,17-18,20-22,24,26-48H2,1-3H3/b19-16-,25-23-. The minimum atomic E-state index is -0.532. The molecule has 1 unspecified atom stereocenters. The van der Waals surface area contributed by atoms with Crippen LogP contribution in [0.5, 0.6) is 0 Å². The highest BCUT2D eigenvalue weighted by Crippen LogP contribution is 2.15. The molecule has 1 atom stereocenters. The first kappa shape index (κ1) is 54.4. The third kappa shape index (κ3) is 45.1. The molecule has 0 aliphatic heterocycles. The number of esters is 2. The molecule has 56 heavy (non-hydrogen) atoms. The molecular formula is C51H96O5. The lowest BCUT2D eigenvalue weighted by Crippen LogP contribution is -2.30. The van der Waals surface area contributed by atoms with Gasteiger partial charge in [-0.25, -0.2) is 0 Å². The van der Waals surface area contributed by atoms with Gasteiger partial charge in [-0.3, -0.25) is 9.59 Å². The molecule has 0 aromatic carbocycles. The van der Waals surface area contributed by atoms with Gasteiger partial charge in [0.2, 0.25) is 0 Å². The van der Waals surface area contributed by atoms with E-state index in [1.165, 1.54) is 186 Å². The van der Waals surface area contributed by atoms with Crippen molar-refractivity contribution in [1.29, 1.82) is 0 Å². The summed E-state index contributed by atoms with van der Waals surface area (Å²) in [5.41, 5.74) is 0. The summed E-state index contributed by atoms with van der Waals surface area (Å²) in [6.07, 6.45) is 54.6. The lowest BCUT2D eigenvalue weighted by molar-refractivity contribution is -0.163. The van der Waals surface area contributed by atoms with Gasteiger partial charge in [0.25, 0.3) is 0 Å². The second kappa shape index (κ2) is 47.8. The number of unbranched alkanes of at least 4 members (excludes halogenated alkanes) is 31. The van der Waals surface area contributed by atoms with Gasteiger partial charge < -0.3 is 14.2 Å². The number of hydrogen-bond acceptors (Lipinski definition) is 5. The highest BCUT2D eigenvalue weighted by atomic mass is 16.6.